The predicted molar refractivity (Wildman–Crippen MR) is 106 cm³/mol. The summed E-state index contributed by atoms with van der Waals surface area (Å²) >= 11 is 0. The van der Waals surface area contributed by atoms with E-state index < -0.39 is 11.7 Å². The number of carbonyl (C=O) groups excluding carboxylic acids is 1. The van der Waals surface area contributed by atoms with E-state index in [1.807, 2.05) is 32.0 Å². The SMILES string of the molecule is COc1ccc(O[C@@H](C)C(=O)N[C@H]2CC(C)(C)Oc3cc(OC)ccc32)cc1. The Kier molecular flexibility index (Phi) is 5.68. The van der Waals surface area contributed by atoms with Gasteiger partial charge in [-0.2, -0.15) is 0 Å². The Balaban J connectivity index is 1.72. The summed E-state index contributed by atoms with van der Waals surface area (Å²) in [6.45, 7) is 5.75. The number of hydrogen-bond donors (Lipinski definition) is 1. The molecule has 6 nitrogen and oxygen atoms in total. The third-order valence-electron chi connectivity index (χ3n) is 4.74. The van der Waals surface area contributed by atoms with E-state index in [1.165, 1.54) is 0 Å². The first-order valence-electron chi connectivity index (χ1n) is 9.29. The molecule has 0 spiro atoms. The molecular weight excluding hydrogens is 358 g/mol. The molecule has 1 heterocycles. The average molecular weight is 385 g/mol. The molecule has 0 bridgehead atoms. The Morgan fingerprint density at radius 1 is 1.07 bits per heavy atom. The van der Waals surface area contributed by atoms with E-state index in [0.717, 1.165) is 22.8 Å². The van der Waals surface area contributed by atoms with Gasteiger partial charge in [-0.05, 0) is 57.2 Å². The lowest BCUT2D eigenvalue weighted by Crippen LogP contribution is -2.44. The third kappa shape index (κ3) is 4.50. The number of fused-ring (bicyclic) bond motifs is 1. The highest BCUT2D eigenvalue weighted by Gasteiger charge is 2.35. The van der Waals surface area contributed by atoms with Crippen LogP contribution in [0.5, 0.6) is 23.0 Å². The average Bonchev–Trinajstić information content (AvgIpc) is 2.67. The maximum absolute atomic E-state index is 12.8. The molecule has 1 aliphatic heterocycles. The highest BCUT2D eigenvalue weighted by molar-refractivity contribution is 5.81. The largest absolute Gasteiger partial charge is 0.497 e. The van der Waals surface area contributed by atoms with Crippen molar-refractivity contribution in [3.8, 4) is 23.0 Å². The Labute approximate surface area is 165 Å². The van der Waals surface area contributed by atoms with Crippen LogP contribution >= 0.6 is 0 Å². The Hall–Kier alpha value is -2.89. The molecule has 150 valence electrons. The zero-order valence-electron chi connectivity index (χ0n) is 16.9. The van der Waals surface area contributed by atoms with Crippen LogP contribution in [0.3, 0.4) is 0 Å². The predicted octanol–water partition coefficient (Wildman–Crippen LogP) is 3.89. The molecular formula is C22H27NO5. The minimum absolute atomic E-state index is 0.168. The number of rotatable bonds is 6. The second-order valence-corrected chi connectivity index (χ2v) is 7.47. The summed E-state index contributed by atoms with van der Waals surface area (Å²) < 4.78 is 22.3. The lowest BCUT2D eigenvalue weighted by atomic mass is 9.89. The number of hydrogen-bond acceptors (Lipinski definition) is 5. The molecule has 0 aromatic heterocycles. The number of benzene rings is 2. The van der Waals surface area contributed by atoms with Gasteiger partial charge in [0.25, 0.3) is 5.91 Å². The summed E-state index contributed by atoms with van der Waals surface area (Å²) in [4.78, 5) is 12.8. The summed E-state index contributed by atoms with van der Waals surface area (Å²) in [6.07, 6.45) is 0.0221. The molecule has 0 radical (unpaired) electrons. The zero-order valence-corrected chi connectivity index (χ0v) is 16.9. The molecule has 3 rings (SSSR count). The van der Waals surface area contributed by atoms with Crippen LogP contribution in [0.1, 0.15) is 38.8 Å². The number of carbonyl (C=O) groups is 1. The Bertz CT molecular complexity index is 831. The van der Waals surface area contributed by atoms with E-state index in [0.29, 0.717) is 12.2 Å². The molecule has 0 unspecified atom stereocenters. The summed E-state index contributed by atoms with van der Waals surface area (Å²) in [5.41, 5.74) is 0.530. The summed E-state index contributed by atoms with van der Waals surface area (Å²) in [5, 5.41) is 3.10. The van der Waals surface area contributed by atoms with Crippen LogP contribution in [-0.2, 0) is 4.79 Å². The molecule has 2 atom stereocenters. The molecule has 28 heavy (non-hydrogen) atoms. The molecule has 1 aliphatic rings. The van der Waals surface area contributed by atoms with Gasteiger partial charge in [0.1, 0.15) is 28.6 Å². The van der Waals surface area contributed by atoms with Crippen LogP contribution in [0, 0.1) is 0 Å². The molecule has 0 aliphatic carbocycles. The topological polar surface area (TPSA) is 66.0 Å². The van der Waals surface area contributed by atoms with Crippen molar-refractivity contribution in [3.05, 3.63) is 48.0 Å². The third-order valence-corrected chi connectivity index (χ3v) is 4.74. The first-order chi connectivity index (χ1) is 13.3. The van der Waals surface area contributed by atoms with E-state index in [1.54, 1.807) is 45.4 Å². The summed E-state index contributed by atoms with van der Waals surface area (Å²) in [7, 11) is 3.22. The molecule has 0 saturated heterocycles. The number of ether oxygens (including phenoxy) is 4. The molecule has 6 heteroatoms. The van der Waals surface area contributed by atoms with Crippen LogP contribution < -0.4 is 24.3 Å². The van der Waals surface area contributed by atoms with Gasteiger partial charge < -0.3 is 24.3 Å². The lowest BCUT2D eigenvalue weighted by Gasteiger charge is -2.38. The van der Waals surface area contributed by atoms with Gasteiger partial charge in [0.15, 0.2) is 6.10 Å². The van der Waals surface area contributed by atoms with Crippen molar-refractivity contribution < 1.29 is 23.7 Å². The summed E-state index contributed by atoms with van der Waals surface area (Å²) in [6, 6.07) is 12.6. The maximum Gasteiger partial charge on any atom is 0.261 e. The molecule has 2 aromatic rings. The van der Waals surface area contributed by atoms with E-state index in [2.05, 4.69) is 5.32 Å². The fourth-order valence-corrected chi connectivity index (χ4v) is 3.29. The lowest BCUT2D eigenvalue weighted by molar-refractivity contribution is -0.128. The van der Waals surface area contributed by atoms with Crippen molar-refractivity contribution in [3.63, 3.8) is 0 Å². The van der Waals surface area contributed by atoms with E-state index >= 15 is 0 Å². The monoisotopic (exact) mass is 385 g/mol. The highest BCUT2D eigenvalue weighted by Crippen LogP contribution is 2.41. The van der Waals surface area contributed by atoms with Gasteiger partial charge in [0, 0.05) is 18.1 Å². The normalized spacial score (nSPS) is 18.2. The molecule has 1 N–H and O–H groups in total. The van der Waals surface area contributed by atoms with Gasteiger partial charge in [-0.1, -0.05) is 0 Å². The maximum atomic E-state index is 12.8. The number of methoxy groups -OCH3 is 2. The van der Waals surface area contributed by atoms with Gasteiger partial charge >= 0.3 is 0 Å². The molecule has 2 aromatic carbocycles. The van der Waals surface area contributed by atoms with E-state index in [-0.39, 0.29) is 11.9 Å². The first-order valence-corrected chi connectivity index (χ1v) is 9.29. The standard InChI is InChI=1S/C22H27NO5/c1-14(27-16-8-6-15(25-4)7-9-16)21(24)23-19-13-22(2,3)28-20-12-17(26-5)10-11-18(19)20/h6-12,14,19H,13H2,1-5H3,(H,23,24)/t14-,19-/m0/s1. The highest BCUT2D eigenvalue weighted by atomic mass is 16.5. The Morgan fingerprint density at radius 2 is 1.68 bits per heavy atom. The Morgan fingerprint density at radius 3 is 2.32 bits per heavy atom. The van der Waals surface area contributed by atoms with Crippen LogP contribution in [0.2, 0.25) is 0 Å². The van der Waals surface area contributed by atoms with E-state index in [9.17, 15) is 4.79 Å². The van der Waals surface area contributed by atoms with Gasteiger partial charge in [-0.3, -0.25) is 4.79 Å². The first kappa shape index (κ1) is 19.9. The van der Waals surface area contributed by atoms with Crippen molar-refractivity contribution in [2.24, 2.45) is 0 Å². The fourth-order valence-electron chi connectivity index (χ4n) is 3.29. The second kappa shape index (κ2) is 8.00. The minimum Gasteiger partial charge on any atom is -0.497 e. The van der Waals surface area contributed by atoms with Crippen molar-refractivity contribution >= 4 is 5.91 Å². The van der Waals surface area contributed by atoms with Crippen LogP contribution in [0.25, 0.3) is 0 Å². The van der Waals surface area contributed by atoms with Crippen LogP contribution in [0.4, 0.5) is 0 Å². The fraction of sp³-hybridized carbons (Fsp3) is 0.409. The number of amides is 1. The van der Waals surface area contributed by atoms with Crippen molar-refractivity contribution in [1.82, 2.24) is 5.32 Å². The smallest absolute Gasteiger partial charge is 0.261 e. The van der Waals surface area contributed by atoms with Crippen molar-refractivity contribution in [2.75, 3.05) is 14.2 Å². The molecule has 1 amide bonds. The molecule has 0 fully saturated rings. The van der Waals surface area contributed by atoms with Crippen LogP contribution in [-0.4, -0.2) is 31.8 Å². The van der Waals surface area contributed by atoms with Gasteiger partial charge in [-0.25, -0.2) is 0 Å². The van der Waals surface area contributed by atoms with Gasteiger partial charge in [0.2, 0.25) is 0 Å². The van der Waals surface area contributed by atoms with Crippen molar-refractivity contribution in [2.45, 2.75) is 44.9 Å². The van der Waals surface area contributed by atoms with Gasteiger partial charge in [0.05, 0.1) is 20.3 Å². The number of nitrogens with one attached hydrogen (secondary N) is 1. The van der Waals surface area contributed by atoms with Crippen molar-refractivity contribution in [1.29, 1.82) is 0 Å². The van der Waals surface area contributed by atoms with Crippen LogP contribution in [0.15, 0.2) is 42.5 Å². The summed E-state index contributed by atoms with van der Waals surface area (Å²) in [5.74, 6) is 2.62. The quantitative estimate of drug-likeness (QED) is 0.817. The van der Waals surface area contributed by atoms with Gasteiger partial charge in [-0.15, -0.1) is 0 Å². The second-order valence-electron chi connectivity index (χ2n) is 7.47. The molecule has 0 saturated carbocycles. The zero-order chi connectivity index (χ0) is 20.3. The van der Waals surface area contributed by atoms with E-state index in [4.69, 9.17) is 18.9 Å². The minimum atomic E-state index is -0.638.